The molecule has 1 heterocycles. The average Bonchev–Trinajstić information content (AvgIpc) is 3.33. The number of ether oxygens (including phenoxy) is 3. The van der Waals surface area contributed by atoms with Gasteiger partial charge in [-0.3, -0.25) is 9.59 Å². The van der Waals surface area contributed by atoms with Crippen LogP contribution in [0.15, 0.2) is 60.8 Å². The van der Waals surface area contributed by atoms with Crippen LogP contribution in [-0.4, -0.2) is 100 Å². The van der Waals surface area contributed by atoms with Gasteiger partial charge < -0.3 is 45.1 Å². The molecule has 1 saturated heterocycles. The van der Waals surface area contributed by atoms with Crippen LogP contribution in [0.25, 0.3) is 0 Å². The Labute approximate surface area is 414 Å². The van der Waals surface area contributed by atoms with E-state index in [0.29, 0.717) is 19.4 Å². The van der Waals surface area contributed by atoms with E-state index < -0.39 is 49.5 Å². The van der Waals surface area contributed by atoms with Gasteiger partial charge in [-0.15, -0.1) is 0 Å². The number of aliphatic hydroxyl groups is 5. The molecule has 394 valence electrons. The summed E-state index contributed by atoms with van der Waals surface area (Å²) >= 11 is 0. The highest BCUT2D eigenvalue weighted by Crippen LogP contribution is 2.23. The molecular weight excluding hydrogens is 859 g/mol. The van der Waals surface area contributed by atoms with Gasteiger partial charge in [-0.2, -0.15) is 0 Å². The number of nitrogens with one attached hydrogen (secondary N) is 1. The molecule has 0 aromatic carbocycles. The molecular formula is C57H101NO10. The second-order valence-corrected chi connectivity index (χ2v) is 18.9. The van der Waals surface area contributed by atoms with Crippen molar-refractivity contribution in [3.63, 3.8) is 0 Å². The Hall–Kier alpha value is -2.64. The van der Waals surface area contributed by atoms with E-state index in [1.807, 2.05) is 6.08 Å². The smallest absolute Gasteiger partial charge is 0.305 e. The van der Waals surface area contributed by atoms with Crippen molar-refractivity contribution >= 4 is 11.9 Å². The molecule has 1 fully saturated rings. The summed E-state index contributed by atoms with van der Waals surface area (Å²) < 4.78 is 16.6. The molecule has 1 rings (SSSR count). The third-order valence-electron chi connectivity index (χ3n) is 12.6. The zero-order valence-electron chi connectivity index (χ0n) is 43.0. The summed E-state index contributed by atoms with van der Waals surface area (Å²) in [5.41, 5.74) is 0. The van der Waals surface area contributed by atoms with Crippen molar-refractivity contribution in [3.05, 3.63) is 60.8 Å². The molecule has 68 heavy (non-hydrogen) atoms. The lowest BCUT2D eigenvalue weighted by molar-refractivity contribution is -0.302. The molecule has 0 aromatic heterocycles. The monoisotopic (exact) mass is 960 g/mol. The number of amides is 1. The fourth-order valence-corrected chi connectivity index (χ4v) is 8.12. The molecule has 0 aliphatic carbocycles. The van der Waals surface area contributed by atoms with Crippen molar-refractivity contribution in [2.24, 2.45) is 0 Å². The number of rotatable bonds is 46. The summed E-state index contributed by atoms with van der Waals surface area (Å²) in [5.74, 6) is -0.251. The predicted octanol–water partition coefficient (Wildman–Crippen LogP) is 11.9. The number of hydrogen-bond donors (Lipinski definition) is 6. The lowest BCUT2D eigenvalue weighted by Gasteiger charge is -2.40. The number of allylic oxidation sites excluding steroid dienone is 9. The highest BCUT2D eigenvalue weighted by atomic mass is 16.7. The first-order chi connectivity index (χ1) is 33.2. The topological polar surface area (TPSA) is 175 Å². The highest BCUT2D eigenvalue weighted by Gasteiger charge is 2.44. The van der Waals surface area contributed by atoms with Gasteiger partial charge in [0.15, 0.2) is 6.29 Å². The van der Waals surface area contributed by atoms with Gasteiger partial charge in [0, 0.05) is 12.8 Å². The van der Waals surface area contributed by atoms with Gasteiger partial charge in [0.1, 0.15) is 24.4 Å². The average molecular weight is 960 g/mol. The quantitative estimate of drug-likeness (QED) is 0.0196. The van der Waals surface area contributed by atoms with Crippen LogP contribution in [0, 0.1) is 0 Å². The molecule has 11 heteroatoms. The number of carbonyl (C=O) groups is 2. The van der Waals surface area contributed by atoms with Crippen molar-refractivity contribution < 1.29 is 49.3 Å². The standard InChI is InChI=1S/C57H101NO10/c1-3-5-7-9-11-13-14-15-18-22-25-29-33-37-41-45-53(62)66-46-42-38-34-30-26-23-20-17-16-19-21-24-28-32-36-40-44-52(61)58-49(50(60)43-39-35-31-27-12-10-8-6-4-2)48-67-57-56(65)55(64)54(63)51(47-59)68-57/h11-13,15-16,18-19,27,39,43,49-51,54-57,59-60,63-65H,3-10,14,17,20-26,28-38,40-42,44-48H2,1-2H3,(H,58,61)/b13-11-,18-15-,19-16-,27-12+,43-39+. The zero-order valence-corrected chi connectivity index (χ0v) is 43.0. The second-order valence-electron chi connectivity index (χ2n) is 18.9. The number of unbranched alkanes of at least 4 members (excludes halogenated alkanes) is 24. The third-order valence-corrected chi connectivity index (χ3v) is 12.6. The van der Waals surface area contributed by atoms with Crippen LogP contribution >= 0.6 is 0 Å². The molecule has 1 aliphatic heterocycles. The fraction of sp³-hybridized carbons (Fsp3) is 0.789. The van der Waals surface area contributed by atoms with Crippen LogP contribution in [0.3, 0.4) is 0 Å². The SMILES string of the molecule is CCCCC/C=C\C/C=C\CCCCCCCC(=O)OCCCCCCCCC/C=C\CCCCCCCC(=O)NC(COC1OC(CO)C(O)C(O)C1O)C(O)/C=C/CC/C=C/CCCCC. The summed E-state index contributed by atoms with van der Waals surface area (Å²) in [4.78, 5) is 25.0. The maximum absolute atomic E-state index is 13.0. The van der Waals surface area contributed by atoms with Gasteiger partial charge in [-0.25, -0.2) is 0 Å². The molecule has 1 aliphatic rings. The van der Waals surface area contributed by atoms with Gasteiger partial charge in [0.05, 0.1) is 32.0 Å². The summed E-state index contributed by atoms with van der Waals surface area (Å²) in [7, 11) is 0. The van der Waals surface area contributed by atoms with Crippen LogP contribution in [0.1, 0.15) is 226 Å². The zero-order chi connectivity index (χ0) is 49.6. The van der Waals surface area contributed by atoms with Gasteiger partial charge in [0.25, 0.3) is 0 Å². The lowest BCUT2D eigenvalue weighted by atomic mass is 9.99. The Kier molecular flexibility index (Phi) is 43.5. The Bertz CT molecular complexity index is 1310. The summed E-state index contributed by atoms with van der Waals surface area (Å²) in [5, 5.41) is 54.1. The molecule has 7 atom stereocenters. The molecule has 0 spiro atoms. The van der Waals surface area contributed by atoms with Crippen molar-refractivity contribution in [1.82, 2.24) is 5.32 Å². The Balaban J connectivity index is 2.09. The van der Waals surface area contributed by atoms with E-state index in [1.165, 1.54) is 96.3 Å². The van der Waals surface area contributed by atoms with E-state index in [-0.39, 0.29) is 18.5 Å². The van der Waals surface area contributed by atoms with E-state index in [0.717, 1.165) is 103 Å². The molecule has 6 N–H and O–H groups in total. The number of esters is 1. The maximum atomic E-state index is 13.0. The molecule has 0 radical (unpaired) electrons. The van der Waals surface area contributed by atoms with Gasteiger partial charge in [-0.05, 0) is 103 Å². The molecule has 1 amide bonds. The van der Waals surface area contributed by atoms with E-state index in [2.05, 4.69) is 67.8 Å². The third kappa shape index (κ3) is 36.3. The predicted molar refractivity (Wildman–Crippen MR) is 278 cm³/mol. The van der Waals surface area contributed by atoms with E-state index >= 15 is 0 Å². The Morgan fingerprint density at radius 2 is 1.00 bits per heavy atom. The molecule has 11 nitrogen and oxygen atoms in total. The fourth-order valence-electron chi connectivity index (χ4n) is 8.12. The van der Waals surface area contributed by atoms with E-state index in [9.17, 15) is 35.1 Å². The van der Waals surface area contributed by atoms with Gasteiger partial charge in [0.2, 0.25) is 5.91 Å². The van der Waals surface area contributed by atoms with Crippen molar-refractivity contribution in [2.75, 3.05) is 19.8 Å². The molecule has 0 aromatic rings. The number of hydrogen-bond acceptors (Lipinski definition) is 10. The first kappa shape index (κ1) is 63.4. The Morgan fingerprint density at radius 3 is 1.54 bits per heavy atom. The summed E-state index contributed by atoms with van der Waals surface area (Å²) in [6, 6.07) is -0.840. The minimum absolute atomic E-state index is 0.0369. The number of aliphatic hydroxyl groups excluding tert-OH is 5. The number of carbonyl (C=O) groups excluding carboxylic acids is 2. The minimum Gasteiger partial charge on any atom is -0.466 e. The summed E-state index contributed by atoms with van der Waals surface area (Å²) in [6.45, 7) is 4.18. The van der Waals surface area contributed by atoms with Crippen LogP contribution in [-0.2, 0) is 23.8 Å². The lowest BCUT2D eigenvalue weighted by Crippen LogP contribution is -2.60. The summed E-state index contributed by atoms with van der Waals surface area (Å²) in [6.07, 6.45) is 48.9. The van der Waals surface area contributed by atoms with Gasteiger partial charge in [-0.1, -0.05) is 171 Å². The molecule has 0 saturated carbocycles. The van der Waals surface area contributed by atoms with E-state index in [1.54, 1.807) is 6.08 Å². The normalized spacial score (nSPS) is 19.9. The van der Waals surface area contributed by atoms with Crippen molar-refractivity contribution in [3.8, 4) is 0 Å². The van der Waals surface area contributed by atoms with Gasteiger partial charge >= 0.3 is 5.97 Å². The largest absolute Gasteiger partial charge is 0.466 e. The molecule has 7 unspecified atom stereocenters. The van der Waals surface area contributed by atoms with Crippen LogP contribution < -0.4 is 5.32 Å². The first-order valence-electron chi connectivity index (χ1n) is 27.6. The first-order valence-corrected chi connectivity index (χ1v) is 27.6. The van der Waals surface area contributed by atoms with E-state index in [4.69, 9.17) is 14.2 Å². The second kappa shape index (κ2) is 46.7. The van der Waals surface area contributed by atoms with Crippen molar-refractivity contribution in [2.45, 2.75) is 269 Å². The Morgan fingerprint density at radius 1 is 0.544 bits per heavy atom. The van der Waals surface area contributed by atoms with Crippen LogP contribution in [0.5, 0.6) is 0 Å². The highest BCUT2D eigenvalue weighted by molar-refractivity contribution is 5.76. The molecule has 0 bridgehead atoms. The minimum atomic E-state index is -1.58. The van der Waals surface area contributed by atoms with Crippen LogP contribution in [0.4, 0.5) is 0 Å². The maximum Gasteiger partial charge on any atom is 0.305 e. The van der Waals surface area contributed by atoms with Crippen molar-refractivity contribution in [1.29, 1.82) is 0 Å². The van der Waals surface area contributed by atoms with Crippen LogP contribution in [0.2, 0.25) is 0 Å².